The van der Waals surface area contributed by atoms with Gasteiger partial charge in [0.05, 0.1) is 45.5 Å². The molecule has 0 spiro atoms. The molecule has 216 valence electrons. The zero-order chi connectivity index (χ0) is 28.9. The van der Waals surface area contributed by atoms with Crippen LogP contribution in [0, 0.1) is 0 Å². The predicted octanol–water partition coefficient (Wildman–Crippen LogP) is 3.79. The molecule has 2 aromatic carbocycles. The maximum Gasteiger partial charge on any atom is 0.270 e. The van der Waals surface area contributed by atoms with Crippen LogP contribution < -0.4 is 24.2 Å². The highest BCUT2D eigenvalue weighted by molar-refractivity contribution is 7.93. The molecule has 6 rings (SSSR count). The number of amides is 1. The molecule has 4 aromatic rings. The number of alkyl halides is 1. The third kappa shape index (κ3) is 4.96. The number of anilines is 3. The number of rotatable bonds is 10. The summed E-state index contributed by atoms with van der Waals surface area (Å²) in [6, 6.07) is 7.70. The number of hydrogen-bond acceptors (Lipinski definition) is 10. The van der Waals surface area contributed by atoms with E-state index in [2.05, 4.69) is 25.4 Å². The molecule has 2 fully saturated rings. The number of H-pyrrole nitrogens is 1. The molecule has 2 aromatic heterocycles. The second kappa shape index (κ2) is 10.1. The Kier molecular flexibility index (Phi) is 6.60. The molecule has 0 radical (unpaired) electrons. The lowest BCUT2D eigenvalue weighted by Gasteiger charge is -2.34. The number of carbonyl (C=O) groups is 1. The average molecular weight is 587 g/mol. The SMILES string of the molecule is COc1cc2c(NS(=O)(=O)c3c(OC)cc(C(=O)N4CC(F)C4)cc3OC)noc2cc1Nc1cc(C2CC2)[nH]n1. The van der Waals surface area contributed by atoms with Crippen LogP contribution in [0.5, 0.6) is 17.2 Å². The van der Waals surface area contributed by atoms with E-state index < -0.39 is 22.1 Å². The van der Waals surface area contributed by atoms with Gasteiger partial charge in [-0.3, -0.25) is 14.6 Å². The van der Waals surface area contributed by atoms with Gasteiger partial charge in [-0.05, 0) is 31.0 Å². The summed E-state index contributed by atoms with van der Waals surface area (Å²) in [5, 5.41) is 14.8. The van der Waals surface area contributed by atoms with E-state index >= 15 is 0 Å². The van der Waals surface area contributed by atoms with Crippen molar-refractivity contribution in [2.45, 2.75) is 29.8 Å². The molecule has 3 N–H and O–H groups in total. The van der Waals surface area contributed by atoms with Crippen LogP contribution in [0.4, 0.5) is 21.7 Å². The van der Waals surface area contributed by atoms with E-state index in [-0.39, 0.29) is 46.4 Å². The van der Waals surface area contributed by atoms with Gasteiger partial charge in [0.25, 0.3) is 15.9 Å². The fraction of sp³-hybridized carbons (Fsp3) is 0.346. The molecule has 2 aliphatic rings. The van der Waals surface area contributed by atoms with Crippen LogP contribution in [0.1, 0.15) is 34.8 Å². The first kappa shape index (κ1) is 26.7. The second-order valence-corrected chi connectivity index (χ2v) is 11.4. The van der Waals surface area contributed by atoms with Crippen molar-refractivity contribution in [1.29, 1.82) is 0 Å². The number of ether oxygens (including phenoxy) is 3. The Morgan fingerprint density at radius 1 is 1.05 bits per heavy atom. The summed E-state index contributed by atoms with van der Waals surface area (Å²) < 4.78 is 64.5. The summed E-state index contributed by atoms with van der Waals surface area (Å²) in [6.07, 6.45) is 1.18. The smallest absolute Gasteiger partial charge is 0.270 e. The normalized spacial score (nSPS) is 15.5. The third-order valence-electron chi connectivity index (χ3n) is 7.00. The minimum absolute atomic E-state index is 0.0335. The quantitative estimate of drug-likeness (QED) is 0.249. The molecule has 13 nitrogen and oxygen atoms in total. The fourth-order valence-electron chi connectivity index (χ4n) is 4.67. The van der Waals surface area contributed by atoms with Crippen molar-refractivity contribution < 1.29 is 36.3 Å². The van der Waals surface area contributed by atoms with E-state index in [9.17, 15) is 17.6 Å². The number of benzene rings is 2. The first-order valence-corrected chi connectivity index (χ1v) is 14.2. The van der Waals surface area contributed by atoms with Crippen molar-refractivity contribution >= 4 is 44.2 Å². The molecule has 15 heteroatoms. The molecule has 1 aliphatic carbocycles. The number of nitrogens with one attached hydrogen (secondary N) is 3. The van der Waals surface area contributed by atoms with Crippen molar-refractivity contribution in [1.82, 2.24) is 20.3 Å². The number of aromatic amines is 1. The van der Waals surface area contributed by atoms with E-state index in [0.29, 0.717) is 28.6 Å². The van der Waals surface area contributed by atoms with E-state index in [1.165, 1.54) is 38.4 Å². The summed E-state index contributed by atoms with van der Waals surface area (Å²) in [5.74, 6) is 0.662. The lowest BCUT2D eigenvalue weighted by molar-refractivity contribution is 0.0399. The van der Waals surface area contributed by atoms with Crippen molar-refractivity contribution in [3.63, 3.8) is 0 Å². The molecule has 0 bridgehead atoms. The second-order valence-electron chi connectivity index (χ2n) is 9.81. The third-order valence-corrected chi connectivity index (χ3v) is 8.40. The van der Waals surface area contributed by atoms with E-state index in [4.69, 9.17) is 18.7 Å². The van der Waals surface area contributed by atoms with Gasteiger partial charge in [0, 0.05) is 29.3 Å². The van der Waals surface area contributed by atoms with Gasteiger partial charge >= 0.3 is 0 Å². The summed E-state index contributed by atoms with van der Waals surface area (Å²) >= 11 is 0. The van der Waals surface area contributed by atoms with E-state index in [1.54, 1.807) is 12.1 Å². The van der Waals surface area contributed by atoms with Crippen molar-refractivity contribution in [3.8, 4) is 17.2 Å². The maximum absolute atomic E-state index is 13.6. The highest BCUT2D eigenvalue weighted by Gasteiger charge is 2.34. The lowest BCUT2D eigenvalue weighted by Crippen LogP contribution is -2.51. The largest absolute Gasteiger partial charge is 0.495 e. The van der Waals surface area contributed by atoms with Gasteiger partial charge < -0.3 is 29.0 Å². The number of sulfonamides is 1. The number of halogens is 1. The van der Waals surface area contributed by atoms with Crippen LogP contribution in [0.2, 0.25) is 0 Å². The number of hydrogen-bond donors (Lipinski definition) is 3. The highest BCUT2D eigenvalue weighted by Crippen LogP contribution is 2.41. The molecule has 3 heterocycles. The first-order valence-electron chi connectivity index (χ1n) is 12.7. The van der Waals surface area contributed by atoms with Crippen LogP contribution in [0.25, 0.3) is 11.0 Å². The van der Waals surface area contributed by atoms with Gasteiger partial charge in [-0.15, -0.1) is 0 Å². The molecule has 0 unspecified atom stereocenters. The van der Waals surface area contributed by atoms with Gasteiger partial charge in [-0.25, -0.2) is 12.8 Å². The standard InChI is InChI=1S/C26H27FN6O7S/c1-37-20-8-16-19(9-18(20)28-23-10-17(29-30-23)13-4-5-13)40-31-25(16)32-41(35,36)24-21(38-2)6-14(7-22(24)39-3)26(34)33-11-15(27)12-33/h6-10,13,15H,4-5,11-12H2,1-3H3,(H,31,32)(H2,28,29,30). The molecule has 41 heavy (non-hydrogen) atoms. The number of likely N-dealkylation sites (tertiary alicyclic amines) is 1. The Bertz CT molecular complexity index is 1720. The van der Waals surface area contributed by atoms with Crippen LogP contribution in [0.3, 0.4) is 0 Å². The number of fused-ring (bicyclic) bond motifs is 1. The molecular formula is C26H27FN6O7S. The Labute approximate surface area is 234 Å². The number of nitrogens with zero attached hydrogens (tertiary/aromatic N) is 3. The minimum atomic E-state index is -4.38. The maximum atomic E-state index is 13.6. The topological polar surface area (TPSA) is 161 Å². The molecule has 1 saturated heterocycles. The molecule has 1 saturated carbocycles. The Hall–Kier alpha value is -4.53. The summed E-state index contributed by atoms with van der Waals surface area (Å²) in [4.78, 5) is 13.7. The highest BCUT2D eigenvalue weighted by atomic mass is 32.2. The Morgan fingerprint density at radius 3 is 2.34 bits per heavy atom. The number of methoxy groups -OCH3 is 3. The number of aromatic nitrogens is 3. The fourth-order valence-corrected chi connectivity index (χ4v) is 5.98. The van der Waals surface area contributed by atoms with Gasteiger partial charge in [-0.1, -0.05) is 5.16 Å². The summed E-state index contributed by atoms with van der Waals surface area (Å²) in [7, 11) is -0.366. The van der Waals surface area contributed by atoms with Crippen molar-refractivity contribution in [2.24, 2.45) is 0 Å². The molecule has 0 atom stereocenters. The van der Waals surface area contributed by atoms with Crippen LogP contribution >= 0.6 is 0 Å². The Balaban J connectivity index is 1.30. The summed E-state index contributed by atoms with van der Waals surface area (Å²) in [6.45, 7) is -0.0671. The summed E-state index contributed by atoms with van der Waals surface area (Å²) in [5.41, 5.74) is 1.98. The van der Waals surface area contributed by atoms with Gasteiger partial charge in [0.15, 0.2) is 22.1 Å². The van der Waals surface area contributed by atoms with Gasteiger partial charge in [0.1, 0.15) is 23.4 Å². The minimum Gasteiger partial charge on any atom is -0.495 e. The van der Waals surface area contributed by atoms with Crippen LogP contribution in [-0.4, -0.2) is 75.2 Å². The van der Waals surface area contributed by atoms with E-state index in [0.717, 1.165) is 18.5 Å². The Morgan fingerprint density at radius 2 is 1.73 bits per heavy atom. The van der Waals surface area contributed by atoms with Gasteiger partial charge in [-0.2, -0.15) is 5.10 Å². The lowest BCUT2D eigenvalue weighted by atomic mass is 10.1. The monoisotopic (exact) mass is 586 g/mol. The molecule has 1 amide bonds. The molecule has 1 aliphatic heterocycles. The van der Waals surface area contributed by atoms with Crippen molar-refractivity contribution in [3.05, 3.63) is 41.6 Å². The zero-order valence-electron chi connectivity index (χ0n) is 22.4. The molecular weight excluding hydrogens is 559 g/mol. The van der Waals surface area contributed by atoms with Crippen LogP contribution in [0.15, 0.2) is 39.8 Å². The zero-order valence-corrected chi connectivity index (χ0v) is 23.2. The number of carbonyl (C=O) groups excluding carboxylic acids is 1. The van der Waals surface area contributed by atoms with E-state index in [1.807, 2.05) is 6.07 Å². The van der Waals surface area contributed by atoms with Crippen molar-refractivity contribution in [2.75, 3.05) is 44.5 Å². The predicted molar refractivity (Wildman–Crippen MR) is 146 cm³/mol. The average Bonchev–Trinajstić information content (AvgIpc) is 3.59. The van der Waals surface area contributed by atoms with Gasteiger partial charge in [0.2, 0.25) is 0 Å². The first-order chi connectivity index (χ1) is 19.7. The van der Waals surface area contributed by atoms with Crippen LogP contribution in [-0.2, 0) is 10.0 Å².